The zero-order valence-corrected chi connectivity index (χ0v) is 11.1. The van der Waals surface area contributed by atoms with Gasteiger partial charge in [-0.25, -0.2) is 9.37 Å². The summed E-state index contributed by atoms with van der Waals surface area (Å²) in [5.74, 6) is 1.03. The standard InChI is InChI=1S/C14H17FN2O/c1-9-14(18-10(2)16-9)11-5-6-12(8-17(3)4)13(15)7-11/h5-7H,8H2,1-4H3. The van der Waals surface area contributed by atoms with E-state index in [2.05, 4.69) is 4.98 Å². The first kappa shape index (κ1) is 12.8. The molecule has 0 fully saturated rings. The second kappa shape index (κ2) is 4.90. The van der Waals surface area contributed by atoms with Gasteiger partial charge >= 0.3 is 0 Å². The Morgan fingerprint density at radius 1 is 1.28 bits per heavy atom. The van der Waals surface area contributed by atoms with Crippen LogP contribution in [0.15, 0.2) is 22.6 Å². The Kier molecular flexibility index (Phi) is 3.48. The molecule has 96 valence electrons. The van der Waals surface area contributed by atoms with Crippen molar-refractivity contribution in [1.29, 1.82) is 0 Å². The predicted octanol–water partition coefficient (Wildman–Crippen LogP) is 3.16. The van der Waals surface area contributed by atoms with Crippen LogP contribution in [-0.2, 0) is 6.54 Å². The van der Waals surface area contributed by atoms with E-state index in [9.17, 15) is 4.39 Å². The Balaban J connectivity index is 2.37. The van der Waals surface area contributed by atoms with Crippen molar-refractivity contribution in [1.82, 2.24) is 9.88 Å². The largest absolute Gasteiger partial charge is 0.441 e. The minimum Gasteiger partial charge on any atom is -0.441 e. The first-order chi connectivity index (χ1) is 8.47. The maximum absolute atomic E-state index is 13.9. The Labute approximate surface area is 106 Å². The molecule has 0 spiro atoms. The lowest BCUT2D eigenvalue weighted by Crippen LogP contribution is -2.11. The van der Waals surface area contributed by atoms with E-state index < -0.39 is 0 Å². The number of hydrogen-bond acceptors (Lipinski definition) is 3. The Hall–Kier alpha value is -1.68. The van der Waals surface area contributed by atoms with Crippen LogP contribution in [0.25, 0.3) is 11.3 Å². The summed E-state index contributed by atoms with van der Waals surface area (Å²) >= 11 is 0. The van der Waals surface area contributed by atoms with Gasteiger partial charge in [-0.15, -0.1) is 0 Å². The molecule has 1 aromatic carbocycles. The van der Waals surface area contributed by atoms with E-state index in [-0.39, 0.29) is 5.82 Å². The maximum Gasteiger partial charge on any atom is 0.192 e. The van der Waals surface area contributed by atoms with Crippen LogP contribution in [0.5, 0.6) is 0 Å². The van der Waals surface area contributed by atoms with Crippen LogP contribution >= 0.6 is 0 Å². The molecule has 4 heteroatoms. The van der Waals surface area contributed by atoms with Crippen LogP contribution in [0.4, 0.5) is 4.39 Å². The molecular formula is C14H17FN2O. The van der Waals surface area contributed by atoms with Crippen molar-refractivity contribution in [2.75, 3.05) is 14.1 Å². The van der Waals surface area contributed by atoms with Gasteiger partial charge in [0.2, 0.25) is 0 Å². The van der Waals surface area contributed by atoms with E-state index in [1.165, 1.54) is 6.07 Å². The van der Waals surface area contributed by atoms with Crippen LogP contribution < -0.4 is 0 Å². The van der Waals surface area contributed by atoms with Crippen LogP contribution in [0.3, 0.4) is 0 Å². The van der Waals surface area contributed by atoms with Crippen molar-refractivity contribution < 1.29 is 8.81 Å². The van der Waals surface area contributed by atoms with Gasteiger partial charge in [-0.3, -0.25) is 0 Å². The lowest BCUT2D eigenvalue weighted by Gasteiger charge is -2.11. The Morgan fingerprint density at radius 3 is 2.50 bits per heavy atom. The number of benzene rings is 1. The molecule has 1 aromatic heterocycles. The van der Waals surface area contributed by atoms with Gasteiger partial charge in [0, 0.05) is 24.6 Å². The van der Waals surface area contributed by atoms with Crippen LogP contribution in [0.2, 0.25) is 0 Å². The molecule has 0 aliphatic rings. The molecule has 0 saturated heterocycles. The van der Waals surface area contributed by atoms with Crippen LogP contribution in [0, 0.1) is 19.7 Å². The van der Waals surface area contributed by atoms with E-state index >= 15 is 0 Å². The molecule has 1 heterocycles. The Bertz CT molecular complexity index is 561. The van der Waals surface area contributed by atoms with Gasteiger partial charge in [0.05, 0.1) is 5.69 Å². The molecule has 3 nitrogen and oxygen atoms in total. The van der Waals surface area contributed by atoms with Crippen molar-refractivity contribution >= 4 is 0 Å². The number of rotatable bonds is 3. The second-order valence-corrected chi connectivity index (χ2v) is 4.69. The molecular weight excluding hydrogens is 231 g/mol. The molecule has 0 amide bonds. The summed E-state index contributed by atoms with van der Waals surface area (Å²) in [6.07, 6.45) is 0. The summed E-state index contributed by atoms with van der Waals surface area (Å²) in [4.78, 5) is 6.12. The van der Waals surface area contributed by atoms with Crippen molar-refractivity contribution in [3.63, 3.8) is 0 Å². The van der Waals surface area contributed by atoms with Crippen molar-refractivity contribution in [2.45, 2.75) is 20.4 Å². The number of halogens is 1. The number of oxazole rings is 1. The quantitative estimate of drug-likeness (QED) is 0.835. The van der Waals surface area contributed by atoms with Gasteiger partial charge in [0.25, 0.3) is 0 Å². The van der Waals surface area contributed by atoms with Gasteiger partial charge in [0.15, 0.2) is 11.7 Å². The van der Waals surface area contributed by atoms with Gasteiger partial charge in [-0.05, 0) is 27.1 Å². The zero-order valence-electron chi connectivity index (χ0n) is 11.1. The third-order valence-corrected chi connectivity index (χ3v) is 2.71. The molecule has 0 aliphatic heterocycles. The topological polar surface area (TPSA) is 29.3 Å². The number of hydrogen-bond donors (Lipinski definition) is 0. The van der Waals surface area contributed by atoms with E-state index in [1.54, 1.807) is 13.0 Å². The molecule has 0 aliphatic carbocycles. The highest BCUT2D eigenvalue weighted by Gasteiger charge is 2.12. The molecule has 18 heavy (non-hydrogen) atoms. The monoisotopic (exact) mass is 248 g/mol. The first-order valence-corrected chi connectivity index (χ1v) is 5.85. The molecule has 2 aromatic rings. The van der Waals surface area contributed by atoms with Crippen molar-refractivity contribution in [3.05, 3.63) is 41.2 Å². The highest BCUT2D eigenvalue weighted by Crippen LogP contribution is 2.26. The summed E-state index contributed by atoms with van der Waals surface area (Å²) in [5, 5.41) is 0. The lowest BCUT2D eigenvalue weighted by atomic mass is 10.1. The summed E-state index contributed by atoms with van der Waals surface area (Å²) in [6.45, 7) is 4.23. The number of aryl methyl sites for hydroxylation is 2. The van der Waals surface area contributed by atoms with E-state index in [0.29, 0.717) is 23.8 Å². The molecule has 0 radical (unpaired) electrons. The smallest absolute Gasteiger partial charge is 0.192 e. The number of nitrogens with zero attached hydrogens (tertiary/aromatic N) is 2. The minimum absolute atomic E-state index is 0.213. The van der Waals surface area contributed by atoms with Gasteiger partial charge in [0.1, 0.15) is 5.82 Å². The van der Waals surface area contributed by atoms with E-state index in [0.717, 1.165) is 11.3 Å². The molecule has 0 atom stereocenters. The van der Waals surface area contributed by atoms with E-state index in [4.69, 9.17) is 4.42 Å². The van der Waals surface area contributed by atoms with Gasteiger partial charge in [-0.2, -0.15) is 0 Å². The SMILES string of the molecule is Cc1nc(C)c(-c2ccc(CN(C)C)c(F)c2)o1. The molecule has 0 bridgehead atoms. The first-order valence-electron chi connectivity index (χ1n) is 5.85. The molecule has 0 N–H and O–H groups in total. The zero-order chi connectivity index (χ0) is 13.3. The van der Waals surface area contributed by atoms with Crippen LogP contribution in [0.1, 0.15) is 17.1 Å². The molecule has 2 rings (SSSR count). The highest BCUT2D eigenvalue weighted by molar-refractivity contribution is 5.60. The average molecular weight is 248 g/mol. The minimum atomic E-state index is -0.213. The maximum atomic E-state index is 13.9. The van der Waals surface area contributed by atoms with Gasteiger partial charge in [-0.1, -0.05) is 12.1 Å². The lowest BCUT2D eigenvalue weighted by molar-refractivity contribution is 0.392. The fourth-order valence-electron chi connectivity index (χ4n) is 1.96. The molecule has 0 saturated carbocycles. The van der Waals surface area contributed by atoms with Gasteiger partial charge < -0.3 is 9.32 Å². The number of aromatic nitrogens is 1. The summed E-state index contributed by atoms with van der Waals surface area (Å²) < 4.78 is 19.4. The highest BCUT2D eigenvalue weighted by atomic mass is 19.1. The normalized spacial score (nSPS) is 11.2. The Morgan fingerprint density at radius 2 is 2.00 bits per heavy atom. The predicted molar refractivity (Wildman–Crippen MR) is 68.8 cm³/mol. The third kappa shape index (κ3) is 2.59. The van der Waals surface area contributed by atoms with Crippen LogP contribution in [-0.4, -0.2) is 24.0 Å². The average Bonchev–Trinajstić information content (AvgIpc) is 2.60. The van der Waals surface area contributed by atoms with Crippen molar-refractivity contribution in [2.24, 2.45) is 0 Å². The summed E-state index contributed by atoms with van der Waals surface area (Å²) in [7, 11) is 3.83. The second-order valence-electron chi connectivity index (χ2n) is 4.69. The van der Waals surface area contributed by atoms with Crippen molar-refractivity contribution in [3.8, 4) is 11.3 Å². The molecule has 0 unspecified atom stereocenters. The summed E-state index contributed by atoms with van der Waals surface area (Å²) in [6, 6.07) is 5.17. The van der Waals surface area contributed by atoms with E-state index in [1.807, 2.05) is 32.0 Å². The fraction of sp³-hybridized carbons (Fsp3) is 0.357. The third-order valence-electron chi connectivity index (χ3n) is 2.71. The summed E-state index contributed by atoms with van der Waals surface area (Å²) in [5.41, 5.74) is 2.19. The fourth-order valence-corrected chi connectivity index (χ4v) is 1.96.